The maximum atomic E-state index is 12.0. The SMILES string of the molecule is N#C/C(=C/NCCO)C(=O)Nc1ccc(Oc2ccccc2)cc1. The van der Waals surface area contributed by atoms with Gasteiger partial charge in [0, 0.05) is 18.4 Å². The van der Waals surface area contributed by atoms with Crippen LogP contribution in [0.1, 0.15) is 0 Å². The fraction of sp³-hybridized carbons (Fsp3) is 0.111. The number of carbonyl (C=O) groups is 1. The summed E-state index contributed by atoms with van der Waals surface area (Å²) < 4.78 is 5.66. The molecule has 6 heteroatoms. The van der Waals surface area contributed by atoms with Crippen LogP contribution >= 0.6 is 0 Å². The Hall–Kier alpha value is -3.30. The van der Waals surface area contributed by atoms with Crippen molar-refractivity contribution in [3.63, 3.8) is 0 Å². The Morgan fingerprint density at radius 3 is 2.42 bits per heavy atom. The zero-order valence-electron chi connectivity index (χ0n) is 12.9. The van der Waals surface area contributed by atoms with Crippen molar-refractivity contribution < 1.29 is 14.6 Å². The van der Waals surface area contributed by atoms with Crippen LogP contribution in [0.15, 0.2) is 66.4 Å². The van der Waals surface area contributed by atoms with Crippen molar-refractivity contribution in [2.45, 2.75) is 0 Å². The summed E-state index contributed by atoms with van der Waals surface area (Å²) >= 11 is 0. The van der Waals surface area contributed by atoms with Gasteiger partial charge in [0.05, 0.1) is 6.61 Å². The molecule has 0 radical (unpaired) electrons. The normalized spacial score (nSPS) is 10.6. The molecule has 0 fully saturated rings. The first-order chi connectivity index (χ1) is 11.7. The molecular weight excluding hydrogens is 306 g/mol. The van der Waals surface area contributed by atoms with Gasteiger partial charge < -0.3 is 20.5 Å². The monoisotopic (exact) mass is 323 g/mol. The maximum absolute atomic E-state index is 12.0. The van der Waals surface area contributed by atoms with Crippen molar-refractivity contribution in [3.8, 4) is 17.6 Å². The van der Waals surface area contributed by atoms with Crippen molar-refractivity contribution in [2.24, 2.45) is 0 Å². The van der Waals surface area contributed by atoms with Crippen LogP contribution in [-0.4, -0.2) is 24.2 Å². The second-order valence-electron chi connectivity index (χ2n) is 4.74. The Balaban J connectivity index is 1.97. The van der Waals surface area contributed by atoms with E-state index < -0.39 is 5.91 Å². The van der Waals surface area contributed by atoms with Gasteiger partial charge >= 0.3 is 0 Å². The van der Waals surface area contributed by atoms with E-state index in [9.17, 15) is 4.79 Å². The Labute approximate surface area is 140 Å². The second kappa shape index (κ2) is 8.98. The highest BCUT2D eigenvalue weighted by atomic mass is 16.5. The lowest BCUT2D eigenvalue weighted by Gasteiger charge is -2.08. The number of aliphatic hydroxyl groups excluding tert-OH is 1. The van der Waals surface area contributed by atoms with Crippen LogP contribution in [0.2, 0.25) is 0 Å². The van der Waals surface area contributed by atoms with Crippen LogP contribution in [0.5, 0.6) is 11.5 Å². The van der Waals surface area contributed by atoms with Gasteiger partial charge in [-0.3, -0.25) is 4.79 Å². The van der Waals surface area contributed by atoms with Crippen LogP contribution in [-0.2, 0) is 4.79 Å². The molecule has 0 aromatic heterocycles. The third-order valence-electron chi connectivity index (χ3n) is 2.96. The number of aliphatic hydroxyl groups is 1. The minimum Gasteiger partial charge on any atom is -0.457 e. The largest absolute Gasteiger partial charge is 0.457 e. The average Bonchev–Trinajstić information content (AvgIpc) is 2.61. The number of ether oxygens (including phenoxy) is 1. The molecule has 24 heavy (non-hydrogen) atoms. The first kappa shape index (κ1) is 17.1. The predicted molar refractivity (Wildman–Crippen MR) is 90.4 cm³/mol. The summed E-state index contributed by atoms with van der Waals surface area (Å²) in [5.74, 6) is 0.832. The van der Waals surface area contributed by atoms with Gasteiger partial charge in [0.2, 0.25) is 0 Å². The minimum atomic E-state index is -0.528. The highest BCUT2D eigenvalue weighted by molar-refractivity contribution is 6.06. The molecule has 0 aliphatic carbocycles. The quantitative estimate of drug-likeness (QED) is 0.413. The lowest BCUT2D eigenvalue weighted by Crippen LogP contribution is -2.18. The van der Waals surface area contributed by atoms with Crippen LogP contribution in [0.25, 0.3) is 0 Å². The molecule has 0 heterocycles. The van der Waals surface area contributed by atoms with E-state index in [2.05, 4.69) is 10.6 Å². The van der Waals surface area contributed by atoms with Crippen molar-refractivity contribution in [1.82, 2.24) is 5.32 Å². The van der Waals surface area contributed by atoms with E-state index in [1.54, 1.807) is 30.3 Å². The highest BCUT2D eigenvalue weighted by Gasteiger charge is 2.09. The molecule has 2 aromatic carbocycles. The summed E-state index contributed by atoms with van der Waals surface area (Å²) in [5.41, 5.74) is 0.469. The van der Waals surface area contributed by atoms with Crippen molar-refractivity contribution in [1.29, 1.82) is 5.26 Å². The molecular formula is C18H17N3O3. The predicted octanol–water partition coefficient (Wildman–Crippen LogP) is 2.41. The number of carbonyl (C=O) groups excluding carboxylic acids is 1. The molecule has 0 aliphatic rings. The van der Waals surface area contributed by atoms with E-state index in [4.69, 9.17) is 15.1 Å². The van der Waals surface area contributed by atoms with Gasteiger partial charge in [-0.15, -0.1) is 0 Å². The molecule has 122 valence electrons. The summed E-state index contributed by atoms with van der Waals surface area (Å²) in [6, 6.07) is 18.0. The average molecular weight is 323 g/mol. The summed E-state index contributed by atoms with van der Waals surface area (Å²) in [6.45, 7) is 0.184. The first-order valence-corrected chi connectivity index (χ1v) is 7.32. The van der Waals surface area contributed by atoms with Crippen LogP contribution in [0, 0.1) is 11.3 Å². The third-order valence-corrected chi connectivity index (χ3v) is 2.96. The molecule has 3 N–H and O–H groups in total. The van der Waals surface area contributed by atoms with Gasteiger partial charge in [-0.2, -0.15) is 5.26 Å². The molecule has 6 nitrogen and oxygen atoms in total. The van der Waals surface area contributed by atoms with Crippen LogP contribution in [0.4, 0.5) is 5.69 Å². The molecule has 0 aliphatic heterocycles. The van der Waals surface area contributed by atoms with E-state index in [1.807, 2.05) is 30.3 Å². The number of nitriles is 1. The second-order valence-corrected chi connectivity index (χ2v) is 4.74. The lowest BCUT2D eigenvalue weighted by atomic mass is 10.2. The van der Waals surface area contributed by atoms with E-state index in [-0.39, 0.29) is 18.7 Å². The van der Waals surface area contributed by atoms with Crippen molar-refractivity contribution in [3.05, 3.63) is 66.4 Å². The number of nitrogens with zero attached hydrogens (tertiary/aromatic N) is 1. The smallest absolute Gasteiger partial charge is 0.267 e. The molecule has 0 atom stereocenters. The Kier molecular flexibility index (Phi) is 6.38. The maximum Gasteiger partial charge on any atom is 0.267 e. The molecule has 0 spiro atoms. The zero-order valence-corrected chi connectivity index (χ0v) is 12.9. The van der Waals surface area contributed by atoms with Gasteiger partial charge in [-0.05, 0) is 36.4 Å². The number of benzene rings is 2. The summed E-state index contributed by atoms with van der Waals surface area (Å²) in [5, 5.41) is 22.9. The lowest BCUT2D eigenvalue weighted by molar-refractivity contribution is -0.112. The molecule has 0 unspecified atom stereocenters. The van der Waals surface area contributed by atoms with E-state index in [0.29, 0.717) is 11.4 Å². The van der Waals surface area contributed by atoms with Gasteiger partial charge in [0.1, 0.15) is 23.1 Å². The van der Waals surface area contributed by atoms with Gasteiger partial charge in [-0.25, -0.2) is 0 Å². The Bertz CT molecular complexity index is 734. The number of hydrogen-bond donors (Lipinski definition) is 3. The summed E-state index contributed by atoms with van der Waals surface area (Å²) in [4.78, 5) is 12.0. The molecule has 1 amide bonds. The number of nitrogens with one attached hydrogen (secondary N) is 2. The summed E-state index contributed by atoms with van der Waals surface area (Å²) in [7, 11) is 0. The topological polar surface area (TPSA) is 94.4 Å². The zero-order chi connectivity index (χ0) is 17.2. The van der Waals surface area contributed by atoms with Crippen molar-refractivity contribution >= 4 is 11.6 Å². The van der Waals surface area contributed by atoms with Crippen LogP contribution < -0.4 is 15.4 Å². The van der Waals surface area contributed by atoms with E-state index in [1.165, 1.54) is 6.20 Å². The first-order valence-electron chi connectivity index (χ1n) is 7.32. The van der Waals surface area contributed by atoms with E-state index in [0.717, 1.165) is 5.75 Å². The molecule has 2 aromatic rings. The molecule has 0 saturated carbocycles. The van der Waals surface area contributed by atoms with E-state index >= 15 is 0 Å². The molecule has 2 rings (SSSR count). The van der Waals surface area contributed by atoms with Crippen LogP contribution in [0.3, 0.4) is 0 Å². The number of anilines is 1. The van der Waals surface area contributed by atoms with Crippen molar-refractivity contribution in [2.75, 3.05) is 18.5 Å². The van der Waals surface area contributed by atoms with Gasteiger partial charge in [0.15, 0.2) is 0 Å². The Morgan fingerprint density at radius 2 is 1.79 bits per heavy atom. The number of amides is 1. The summed E-state index contributed by atoms with van der Waals surface area (Å²) in [6.07, 6.45) is 1.28. The highest BCUT2D eigenvalue weighted by Crippen LogP contribution is 2.22. The minimum absolute atomic E-state index is 0.0759. The fourth-order valence-corrected chi connectivity index (χ4v) is 1.82. The number of rotatable bonds is 7. The number of para-hydroxylation sites is 1. The standard InChI is InChI=1S/C18H17N3O3/c19-12-14(13-20-10-11-22)18(23)21-15-6-8-17(9-7-15)24-16-4-2-1-3-5-16/h1-9,13,20,22H,10-11H2,(H,21,23)/b14-13-. The van der Waals surface area contributed by atoms with Gasteiger partial charge in [-0.1, -0.05) is 18.2 Å². The third kappa shape index (κ3) is 5.16. The molecule has 0 saturated heterocycles. The fourth-order valence-electron chi connectivity index (χ4n) is 1.82. The number of hydrogen-bond acceptors (Lipinski definition) is 5. The molecule has 0 bridgehead atoms. The van der Waals surface area contributed by atoms with Gasteiger partial charge in [0.25, 0.3) is 5.91 Å². The Morgan fingerprint density at radius 1 is 1.12 bits per heavy atom.